The molecule has 5 rings (SSSR count). The Hall–Kier alpha value is -3.38. The SMILES string of the molecule is NC(Cc1ccc2ccccc2c1)C(=O)N1CCC(n2c(=O)[nH]c3ccccc32)CC1. The maximum atomic E-state index is 13.0. The molecular formula is C25H26N4O2. The van der Waals surface area contributed by atoms with Crippen LogP contribution in [0.1, 0.15) is 24.4 Å². The number of amides is 1. The summed E-state index contributed by atoms with van der Waals surface area (Å²) < 4.78 is 1.84. The predicted molar refractivity (Wildman–Crippen MR) is 123 cm³/mol. The van der Waals surface area contributed by atoms with Crippen LogP contribution in [0.2, 0.25) is 0 Å². The van der Waals surface area contributed by atoms with Gasteiger partial charge in [-0.05, 0) is 47.7 Å². The van der Waals surface area contributed by atoms with Gasteiger partial charge in [0.05, 0.1) is 17.1 Å². The number of hydrogen-bond donors (Lipinski definition) is 2. The van der Waals surface area contributed by atoms with Crippen molar-refractivity contribution in [3.8, 4) is 0 Å². The first-order chi connectivity index (χ1) is 15.1. The average Bonchev–Trinajstić information content (AvgIpc) is 3.14. The molecule has 31 heavy (non-hydrogen) atoms. The summed E-state index contributed by atoms with van der Waals surface area (Å²) in [5.74, 6) is -0.0158. The van der Waals surface area contributed by atoms with Crippen molar-refractivity contribution in [2.75, 3.05) is 13.1 Å². The van der Waals surface area contributed by atoms with E-state index in [0.717, 1.165) is 34.8 Å². The van der Waals surface area contributed by atoms with Gasteiger partial charge in [-0.1, -0.05) is 54.6 Å². The molecule has 0 saturated carbocycles. The van der Waals surface area contributed by atoms with Crippen molar-refractivity contribution >= 4 is 27.7 Å². The maximum Gasteiger partial charge on any atom is 0.326 e. The fraction of sp³-hybridized carbons (Fsp3) is 0.280. The number of aromatic nitrogens is 2. The van der Waals surface area contributed by atoms with Crippen molar-refractivity contribution in [1.29, 1.82) is 0 Å². The zero-order valence-corrected chi connectivity index (χ0v) is 17.3. The number of imidazole rings is 1. The Bertz CT molecular complexity index is 1300. The third-order valence-corrected chi connectivity index (χ3v) is 6.35. The molecule has 0 radical (unpaired) electrons. The number of nitrogens with zero attached hydrogens (tertiary/aromatic N) is 2. The van der Waals surface area contributed by atoms with Crippen molar-refractivity contribution in [3.05, 3.63) is 82.8 Å². The van der Waals surface area contributed by atoms with Gasteiger partial charge in [-0.3, -0.25) is 9.36 Å². The molecule has 0 aliphatic carbocycles. The molecule has 3 aromatic carbocycles. The third-order valence-electron chi connectivity index (χ3n) is 6.35. The summed E-state index contributed by atoms with van der Waals surface area (Å²) in [4.78, 5) is 30.2. The Balaban J connectivity index is 1.25. The lowest BCUT2D eigenvalue weighted by molar-refractivity contribution is -0.133. The lowest BCUT2D eigenvalue weighted by Gasteiger charge is -2.34. The highest BCUT2D eigenvalue weighted by Crippen LogP contribution is 2.25. The van der Waals surface area contributed by atoms with E-state index in [1.54, 1.807) is 0 Å². The highest BCUT2D eigenvalue weighted by atomic mass is 16.2. The van der Waals surface area contributed by atoms with Crippen LogP contribution in [0.5, 0.6) is 0 Å². The minimum atomic E-state index is -0.562. The first-order valence-electron chi connectivity index (χ1n) is 10.8. The number of likely N-dealkylation sites (tertiary alicyclic amines) is 1. The van der Waals surface area contributed by atoms with Crippen LogP contribution >= 0.6 is 0 Å². The number of fused-ring (bicyclic) bond motifs is 2. The molecule has 0 spiro atoms. The van der Waals surface area contributed by atoms with E-state index in [1.165, 1.54) is 5.39 Å². The molecule has 1 aromatic heterocycles. The third kappa shape index (κ3) is 3.75. The van der Waals surface area contributed by atoms with Crippen LogP contribution in [-0.2, 0) is 11.2 Å². The number of para-hydroxylation sites is 2. The minimum Gasteiger partial charge on any atom is -0.341 e. The number of benzene rings is 3. The molecule has 1 fully saturated rings. The number of H-pyrrole nitrogens is 1. The molecule has 158 valence electrons. The number of hydrogen-bond acceptors (Lipinski definition) is 3. The van der Waals surface area contributed by atoms with Gasteiger partial charge in [-0.15, -0.1) is 0 Å². The summed E-state index contributed by atoms with van der Waals surface area (Å²) in [6.07, 6.45) is 2.01. The second-order valence-electron chi connectivity index (χ2n) is 8.37. The smallest absolute Gasteiger partial charge is 0.326 e. The van der Waals surface area contributed by atoms with Gasteiger partial charge in [0, 0.05) is 19.1 Å². The van der Waals surface area contributed by atoms with Gasteiger partial charge in [-0.2, -0.15) is 0 Å². The van der Waals surface area contributed by atoms with E-state index in [4.69, 9.17) is 5.73 Å². The Morgan fingerprint density at radius 3 is 2.52 bits per heavy atom. The fourth-order valence-corrected chi connectivity index (χ4v) is 4.72. The molecule has 6 heteroatoms. The fourth-order valence-electron chi connectivity index (χ4n) is 4.72. The van der Waals surface area contributed by atoms with E-state index >= 15 is 0 Å². The predicted octanol–water partition coefficient (Wildman–Crippen LogP) is 3.22. The molecule has 0 bridgehead atoms. The van der Waals surface area contributed by atoms with Crippen molar-refractivity contribution in [1.82, 2.24) is 14.5 Å². The second-order valence-corrected chi connectivity index (χ2v) is 8.37. The lowest BCUT2D eigenvalue weighted by atomic mass is 9.99. The van der Waals surface area contributed by atoms with Gasteiger partial charge >= 0.3 is 5.69 Å². The molecule has 1 amide bonds. The van der Waals surface area contributed by atoms with Gasteiger partial charge in [0.2, 0.25) is 5.91 Å². The monoisotopic (exact) mass is 414 g/mol. The molecule has 2 heterocycles. The molecule has 4 aromatic rings. The first kappa shape index (κ1) is 19.6. The molecule has 1 aliphatic rings. The Morgan fingerprint density at radius 1 is 1.00 bits per heavy atom. The van der Waals surface area contributed by atoms with Crippen LogP contribution < -0.4 is 11.4 Å². The molecule has 1 atom stereocenters. The molecule has 3 N–H and O–H groups in total. The van der Waals surface area contributed by atoms with Gasteiger partial charge in [-0.25, -0.2) is 4.79 Å². The zero-order chi connectivity index (χ0) is 21.4. The number of piperidine rings is 1. The molecule has 1 unspecified atom stereocenters. The van der Waals surface area contributed by atoms with Gasteiger partial charge < -0.3 is 15.6 Å². The highest BCUT2D eigenvalue weighted by molar-refractivity contribution is 5.84. The van der Waals surface area contributed by atoms with Gasteiger partial charge in [0.1, 0.15) is 0 Å². The van der Waals surface area contributed by atoms with E-state index in [1.807, 2.05) is 51.9 Å². The van der Waals surface area contributed by atoms with E-state index in [0.29, 0.717) is 19.5 Å². The summed E-state index contributed by atoms with van der Waals surface area (Å²) in [6.45, 7) is 1.22. The summed E-state index contributed by atoms with van der Waals surface area (Å²) in [5.41, 5.74) is 9.06. The van der Waals surface area contributed by atoms with Crippen LogP contribution in [0, 0.1) is 0 Å². The van der Waals surface area contributed by atoms with Crippen LogP contribution in [-0.4, -0.2) is 39.5 Å². The summed E-state index contributed by atoms with van der Waals surface area (Å²) in [7, 11) is 0. The highest BCUT2D eigenvalue weighted by Gasteiger charge is 2.28. The normalized spacial score (nSPS) is 16.1. The Morgan fingerprint density at radius 2 is 1.71 bits per heavy atom. The Kier molecular flexibility index (Phi) is 5.08. The molecular weight excluding hydrogens is 388 g/mol. The van der Waals surface area contributed by atoms with Crippen LogP contribution in [0.15, 0.2) is 71.5 Å². The Labute approximate surface area is 180 Å². The first-order valence-corrected chi connectivity index (χ1v) is 10.8. The number of aromatic amines is 1. The second kappa shape index (κ2) is 8.04. The summed E-state index contributed by atoms with van der Waals surface area (Å²) >= 11 is 0. The van der Waals surface area contributed by atoms with E-state index in [9.17, 15) is 9.59 Å². The van der Waals surface area contributed by atoms with Crippen LogP contribution in [0.3, 0.4) is 0 Å². The molecule has 1 aliphatic heterocycles. The molecule has 6 nitrogen and oxygen atoms in total. The number of rotatable bonds is 4. The standard InChI is InChI=1S/C25H26N4O2/c26-21(16-17-9-10-18-5-1-2-6-19(18)15-17)24(30)28-13-11-20(12-14-28)29-23-8-4-3-7-22(23)27-25(29)31/h1-10,15,20-21H,11-14,16,26H2,(H,27,31). The van der Waals surface area contributed by atoms with Crippen molar-refractivity contribution in [2.45, 2.75) is 31.3 Å². The van der Waals surface area contributed by atoms with Crippen LogP contribution in [0.25, 0.3) is 21.8 Å². The number of nitrogens with two attached hydrogens (primary N) is 1. The van der Waals surface area contributed by atoms with E-state index in [-0.39, 0.29) is 17.6 Å². The van der Waals surface area contributed by atoms with E-state index in [2.05, 4.69) is 29.2 Å². The number of carbonyl (C=O) groups is 1. The van der Waals surface area contributed by atoms with Crippen molar-refractivity contribution in [3.63, 3.8) is 0 Å². The summed E-state index contributed by atoms with van der Waals surface area (Å²) in [5, 5.41) is 2.34. The van der Waals surface area contributed by atoms with Crippen LogP contribution in [0.4, 0.5) is 0 Å². The summed E-state index contributed by atoms with van der Waals surface area (Å²) in [6, 6.07) is 21.7. The van der Waals surface area contributed by atoms with Crippen molar-refractivity contribution in [2.24, 2.45) is 5.73 Å². The zero-order valence-electron chi connectivity index (χ0n) is 17.3. The van der Waals surface area contributed by atoms with Gasteiger partial charge in [0.25, 0.3) is 0 Å². The largest absolute Gasteiger partial charge is 0.341 e. The topological polar surface area (TPSA) is 84.1 Å². The lowest BCUT2D eigenvalue weighted by Crippen LogP contribution is -2.48. The number of carbonyl (C=O) groups excluding carboxylic acids is 1. The van der Waals surface area contributed by atoms with Gasteiger partial charge in [0.15, 0.2) is 0 Å². The minimum absolute atomic E-state index is 0.0158. The quantitative estimate of drug-likeness (QED) is 0.538. The number of nitrogens with one attached hydrogen (secondary N) is 1. The van der Waals surface area contributed by atoms with Crippen molar-refractivity contribution < 1.29 is 4.79 Å². The average molecular weight is 415 g/mol. The molecule has 1 saturated heterocycles. The maximum absolute atomic E-state index is 13.0. The van der Waals surface area contributed by atoms with E-state index < -0.39 is 6.04 Å².